The summed E-state index contributed by atoms with van der Waals surface area (Å²) in [7, 11) is 0. The number of aryl methyl sites for hydroxylation is 1. The molecule has 4 heteroatoms. The standard InChI is InChI=1S/C10H11N3O/c1-3-10(14)13-9-5-4-8(6-11)7(2)12-9/h4-5H,3H2,1-2H3,(H,12,13,14). The van der Waals surface area contributed by atoms with E-state index in [0.29, 0.717) is 23.5 Å². The summed E-state index contributed by atoms with van der Waals surface area (Å²) in [5.74, 6) is 0.412. The number of nitrogens with zero attached hydrogens (tertiary/aromatic N) is 2. The highest BCUT2D eigenvalue weighted by atomic mass is 16.1. The molecule has 1 N–H and O–H groups in total. The fraction of sp³-hybridized carbons (Fsp3) is 0.300. The predicted molar refractivity (Wildman–Crippen MR) is 52.6 cm³/mol. The van der Waals surface area contributed by atoms with Crippen molar-refractivity contribution in [1.82, 2.24) is 4.98 Å². The third kappa shape index (κ3) is 2.30. The van der Waals surface area contributed by atoms with E-state index < -0.39 is 0 Å². The highest BCUT2D eigenvalue weighted by molar-refractivity contribution is 5.89. The molecule has 0 radical (unpaired) electrons. The maximum atomic E-state index is 11.0. The number of amides is 1. The Morgan fingerprint density at radius 1 is 1.64 bits per heavy atom. The van der Waals surface area contributed by atoms with Crippen molar-refractivity contribution >= 4 is 11.7 Å². The van der Waals surface area contributed by atoms with E-state index in [1.807, 2.05) is 6.07 Å². The van der Waals surface area contributed by atoms with Crippen LogP contribution in [0.2, 0.25) is 0 Å². The number of carbonyl (C=O) groups excluding carboxylic acids is 1. The van der Waals surface area contributed by atoms with Gasteiger partial charge in [-0.3, -0.25) is 4.79 Å². The smallest absolute Gasteiger partial charge is 0.225 e. The van der Waals surface area contributed by atoms with Gasteiger partial charge in [0.05, 0.1) is 11.3 Å². The summed E-state index contributed by atoms with van der Waals surface area (Å²) in [6.07, 6.45) is 0.417. The average molecular weight is 189 g/mol. The average Bonchev–Trinajstić information content (AvgIpc) is 2.18. The molecule has 1 heterocycles. The maximum absolute atomic E-state index is 11.0. The van der Waals surface area contributed by atoms with Crippen molar-refractivity contribution in [3.63, 3.8) is 0 Å². The summed E-state index contributed by atoms with van der Waals surface area (Å²) in [5, 5.41) is 11.3. The van der Waals surface area contributed by atoms with E-state index in [1.165, 1.54) is 0 Å². The molecule has 4 nitrogen and oxygen atoms in total. The normalized spacial score (nSPS) is 9.21. The van der Waals surface area contributed by atoms with Crippen molar-refractivity contribution in [2.45, 2.75) is 20.3 Å². The van der Waals surface area contributed by atoms with Crippen molar-refractivity contribution in [2.24, 2.45) is 0 Å². The van der Waals surface area contributed by atoms with Crippen LogP contribution in [0.25, 0.3) is 0 Å². The van der Waals surface area contributed by atoms with Gasteiger partial charge in [-0.15, -0.1) is 0 Å². The minimum absolute atomic E-state index is 0.0818. The lowest BCUT2D eigenvalue weighted by atomic mass is 10.2. The summed E-state index contributed by atoms with van der Waals surface area (Å²) in [6, 6.07) is 5.29. The second kappa shape index (κ2) is 4.38. The third-order valence-electron chi connectivity index (χ3n) is 1.79. The molecule has 0 aromatic carbocycles. The van der Waals surface area contributed by atoms with Crippen LogP contribution in [0.4, 0.5) is 5.82 Å². The van der Waals surface area contributed by atoms with Gasteiger partial charge in [-0.25, -0.2) is 4.98 Å². The van der Waals surface area contributed by atoms with E-state index in [2.05, 4.69) is 10.3 Å². The van der Waals surface area contributed by atoms with E-state index >= 15 is 0 Å². The molecule has 72 valence electrons. The summed E-state index contributed by atoms with van der Waals surface area (Å²) in [4.78, 5) is 15.1. The number of carbonyl (C=O) groups is 1. The number of anilines is 1. The van der Waals surface area contributed by atoms with Gasteiger partial charge in [0.2, 0.25) is 5.91 Å². The molecule has 0 bridgehead atoms. The Balaban J connectivity index is 2.88. The number of hydrogen-bond acceptors (Lipinski definition) is 3. The lowest BCUT2D eigenvalue weighted by Crippen LogP contribution is -2.11. The van der Waals surface area contributed by atoms with Crippen LogP contribution in [-0.2, 0) is 4.79 Å². The number of nitriles is 1. The van der Waals surface area contributed by atoms with Crippen LogP contribution in [0.5, 0.6) is 0 Å². The number of hydrogen-bond donors (Lipinski definition) is 1. The second-order valence-electron chi connectivity index (χ2n) is 2.84. The zero-order chi connectivity index (χ0) is 10.6. The molecule has 0 saturated carbocycles. The lowest BCUT2D eigenvalue weighted by Gasteiger charge is -2.03. The second-order valence-corrected chi connectivity index (χ2v) is 2.84. The topological polar surface area (TPSA) is 65.8 Å². The minimum Gasteiger partial charge on any atom is -0.311 e. The Bertz CT molecular complexity index is 393. The molecule has 14 heavy (non-hydrogen) atoms. The molecule has 0 fully saturated rings. The minimum atomic E-state index is -0.0818. The van der Waals surface area contributed by atoms with Gasteiger partial charge >= 0.3 is 0 Å². The zero-order valence-electron chi connectivity index (χ0n) is 8.16. The van der Waals surface area contributed by atoms with Crippen molar-refractivity contribution in [3.8, 4) is 6.07 Å². The molecule has 0 saturated heterocycles. The van der Waals surface area contributed by atoms with Gasteiger partial charge in [0.1, 0.15) is 11.9 Å². The first-order chi connectivity index (χ1) is 6.67. The Labute approximate surface area is 82.6 Å². The van der Waals surface area contributed by atoms with Gasteiger partial charge in [0.25, 0.3) is 0 Å². The number of pyridine rings is 1. The Hall–Kier alpha value is -1.89. The van der Waals surface area contributed by atoms with Gasteiger partial charge in [-0.2, -0.15) is 5.26 Å². The van der Waals surface area contributed by atoms with E-state index in [-0.39, 0.29) is 5.91 Å². The molecular formula is C10H11N3O. The van der Waals surface area contributed by atoms with Crippen LogP contribution in [0, 0.1) is 18.3 Å². The fourth-order valence-corrected chi connectivity index (χ4v) is 0.980. The number of nitrogens with one attached hydrogen (secondary N) is 1. The van der Waals surface area contributed by atoms with Crippen LogP contribution in [-0.4, -0.2) is 10.9 Å². The number of rotatable bonds is 2. The monoisotopic (exact) mass is 189 g/mol. The van der Waals surface area contributed by atoms with Crippen LogP contribution in [0.1, 0.15) is 24.6 Å². The predicted octanol–water partition coefficient (Wildman–Crippen LogP) is 1.61. The summed E-state index contributed by atoms with van der Waals surface area (Å²) >= 11 is 0. The van der Waals surface area contributed by atoms with Gasteiger partial charge < -0.3 is 5.32 Å². The quantitative estimate of drug-likeness (QED) is 0.768. The zero-order valence-corrected chi connectivity index (χ0v) is 8.16. The number of aromatic nitrogens is 1. The van der Waals surface area contributed by atoms with Gasteiger partial charge in [-0.05, 0) is 19.1 Å². The first-order valence-electron chi connectivity index (χ1n) is 4.35. The van der Waals surface area contributed by atoms with Crippen LogP contribution in [0.3, 0.4) is 0 Å². The Morgan fingerprint density at radius 2 is 2.36 bits per heavy atom. The van der Waals surface area contributed by atoms with Gasteiger partial charge in [0.15, 0.2) is 0 Å². The largest absolute Gasteiger partial charge is 0.311 e. The molecule has 0 aliphatic rings. The molecule has 0 spiro atoms. The first-order valence-corrected chi connectivity index (χ1v) is 4.35. The molecule has 1 aromatic heterocycles. The van der Waals surface area contributed by atoms with Crippen LogP contribution in [0.15, 0.2) is 12.1 Å². The molecule has 0 unspecified atom stereocenters. The van der Waals surface area contributed by atoms with Crippen LogP contribution >= 0.6 is 0 Å². The lowest BCUT2D eigenvalue weighted by molar-refractivity contribution is -0.115. The molecular weight excluding hydrogens is 178 g/mol. The summed E-state index contributed by atoms with van der Waals surface area (Å²) in [5.41, 5.74) is 1.15. The molecule has 0 aliphatic heterocycles. The highest BCUT2D eigenvalue weighted by Gasteiger charge is 2.03. The molecule has 0 atom stereocenters. The van der Waals surface area contributed by atoms with E-state index in [1.54, 1.807) is 26.0 Å². The van der Waals surface area contributed by atoms with Gasteiger partial charge in [0, 0.05) is 6.42 Å². The molecule has 0 aliphatic carbocycles. The van der Waals surface area contributed by atoms with Crippen molar-refractivity contribution in [2.75, 3.05) is 5.32 Å². The molecule has 1 aromatic rings. The van der Waals surface area contributed by atoms with Crippen LogP contribution < -0.4 is 5.32 Å². The Morgan fingerprint density at radius 3 is 2.86 bits per heavy atom. The molecule has 1 amide bonds. The summed E-state index contributed by atoms with van der Waals surface area (Å²) in [6.45, 7) is 3.51. The summed E-state index contributed by atoms with van der Waals surface area (Å²) < 4.78 is 0. The first kappa shape index (κ1) is 10.2. The third-order valence-corrected chi connectivity index (χ3v) is 1.79. The highest BCUT2D eigenvalue weighted by Crippen LogP contribution is 2.09. The van der Waals surface area contributed by atoms with E-state index in [4.69, 9.17) is 5.26 Å². The SMILES string of the molecule is CCC(=O)Nc1ccc(C#N)c(C)n1. The maximum Gasteiger partial charge on any atom is 0.225 e. The van der Waals surface area contributed by atoms with Gasteiger partial charge in [-0.1, -0.05) is 6.92 Å². The van der Waals surface area contributed by atoms with Crippen molar-refractivity contribution in [3.05, 3.63) is 23.4 Å². The van der Waals surface area contributed by atoms with Crippen molar-refractivity contribution in [1.29, 1.82) is 5.26 Å². The van der Waals surface area contributed by atoms with E-state index in [9.17, 15) is 4.79 Å². The Kier molecular flexibility index (Phi) is 3.19. The fourth-order valence-electron chi connectivity index (χ4n) is 0.980. The van der Waals surface area contributed by atoms with E-state index in [0.717, 1.165) is 0 Å². The van der Waals surface area contributed by atoms with Crippen molar-refractivity contribution < 1.29 is 4.79 Å². The molecule has 1 rings (SSSR count).